The number of carbonyl (C=O) groups is 1. The Balaban J connectivity index is 2.21. The molecule has 5 nitrogen and oxygen atoms in total. The van der Waals surface area contributed by atoms with Crippen LogP contribution in [-0.4, -0.2) is 16.1 Å². The molecule has 0 saturated heterocycles. The van der Waals surface area contributed by atoms with Gasteiger partial charge in [0, 0.05) is 5.92 Å². The van der Waals surface area contributed by atoms with Gasteiger partial charge in [-0.25, -0.2) is 0 Å². The zero-order valence-corrected chi connectivity index (χ0v) is 10.7. The van der Waals surface area contributed by atoms with E-state index in [2.05, 4.69) is 15.5 Å². The molecule has 2 rings (SSSR count). The minimum absolute atomic E-state index is 0.0728. The first kappa shape index (κ1) is 12.6. The van der Waals surface area contributed by atoms with Crippen LogP contribution in [0, 0.1) is 5.92 Å². The minimum Gasteiger partial charge on any atom is -0.403 e. The molecule has 1 aromatic heterocycles. The van der Waals surface area contributed by atoms with Gasteiger partial charge in [0.05, 0.1) is 10.6 Å². The zero-order valence-electron chi connectivity index (χ0n) is 9.98. The summed E-state index contributed by atoms with van der Waals surface area (Å²) in [6, 6.07) is 7.20. The molecule has 0 aliphatic carbocycles. The van der Waals surface area contributed by atoms with Gasteiger partial charge in [0.1, 0.15) is 0 Å². The second-order valence-corrected chi connectivity index (χ2v) is 4.44. The third-order valence-corrected chi connectivity index (χ3v) is 2.61. The molecule has 0 aliphatic rings. The van der Waals surface area contributed by atoms with Gasteiger partial charge < -0.3 is 4.42 Å². The summed E-state index contributed by atoms with van der Waals surface area (Å²) < 4.78 is 5.33. The van der Waals surface area contributed by atoms with Gasteiger partial charge in [-0.05, 0) is 12.1 Å². The highest BCUT2D eigenvalue weighted by atomic mass is 35.5. The van der Waals surface area contributed by atoms with E-state index in [1.165, 1.54) is 0 Å². The van der Waals surface area contributed by atoms with Gasteiger partial charge in [-0.2, -0.15) is 0 Å². The normalized spacial score (nSPS) is 10.7. The second kappa shape index (κ2) is 5.18. The summed E-state index contributed by atoms with van der Waals surface area (Å²) in [5, 5.41) is 10.6. The van der Waals surface area contributed by atoms with Crippen molar-refractivity contribution in [2.45, 2.75) is 13.8 Å². The predicted octanol–water partition coefficient (Wildman–Crippen LogP) is 2.98. The van der Waals surface area contributed by atoms with Gasteiger partial charge in [-0.3, -0.25) is 10.1 Å². The highest BCUT2D eigenvalue weighted by Gasteiger charge is 2.14. The van der Waals surface area contributed by atoms with E-state index < -0.39 is 0 Å². The van der Waals surface area contributed by atoms with E-state index >= 15 is 0 Å². The number of anilines is 1. The number of hydrogen-bond donors (Lipinski definition) is 1. The third-order valence-electron chi connectivity index (χ3n) is 2.28. The Hall–Kier alpha value is -1.88. The van der Waals surface area contributed by atoms with Crippen molar-refractivity contribution in [1.82, 2.24) is 10.2 Å². The maximum absolute atomic E-state index is 11.5. The first-order chi connectivity index (χ1) is 8.58. The summed E-state index contributed by atoms with van der Waals surface area (Å²) >= 11 is 6.01. The molecular formula is C12H12ClN3O2. The van der Waals surface area contributed by atoms with Crippen molar-refractivity contribution < 1.29 is 9.21 Å². The number of amides is 1. The van der Waals surface area contributed by atoms with Crippen LogP contribution in [0.5, 0.6) is 0 Å². The van der Waals surface area contributed by atoms with Crippen molar-refractivity contribution in [2.75, 3.05) is 5.32 Å². The topological polar surface area (TPSA) is 68.0 Å². The van der Waals surface area contributed by atoms with E-state index in [-0.39, 0.29) is 23.7 Å². The van der Waals surface area contributed by atoms with E-state index in [0.717, 1.165) is 0 Å². The van der Waals surface area contributed by atoms with Crippen LogP contribution in [0.2, 0.25) is 5.02 Å². The van der Waals surface area contributed by atoms with Crippen LogP contribution in [0.25, 0.3) is 11.5 Å². The number of carbonyl (C=O) groups excluding carboxylic acids is 1. The Kier molecular flexibility index (Phi) is 3.62. The maximum Gasteiger partial charge on any atom is 0.322 e. The van der Waals surface area contributed by atoms with Crippen LogP contribution >= 0.6 is 11.6 Å². The minimum atomic E-state index is -0.177. The fraction of sp³-hybridized carbons (Fsp3) is 0.250. The molecule has 1 heterocycles. The molecule has 0 spiro atoms. The lowest BCUT2D eigenvalue weighted by molar-refractivity contribution is -0.119. The van der Waals surface area contributed by atoms with Crippen molar-refractivity contribution in [2.24, 2.45) is 5.92 Å². The predicted molar refractivity (Wildman–Crippen MR) is 68.2 cm³/mol. The highest BCUT2D eigenvalue weighted by Crippen LogP contribution is 2.27. The number of benzene rings is 1. The average molecular weight is 266 g/mol. The van der Waals surface area contributed by atoms with E-state index in [1.54, 1.807) is 26.0 Å². The molecule has 0 fully saturated rings. The molecule has 94 valence electrons. The van der Waals surface area contributed by atoms with Gasteiger partial charge in [-0.15, -0.1) is 5.10 Å². The van der Waals surface area contributed by atoms with E-state index in [4.69, 9.17) is 16.0 Å². The Morgan fingerprint density at radius 2 is 2.06 bits per heavy atom. The average Bonchev–Trinajstić information content (AvgIpc) is 2.77. The Morgan fingerprint density at radius 3 is 2.72 bits per heavy atom. The molecule has 0 bridgehead atoms. The summed E-state index contributed by atoms with van der Waals surface area (Å²) in [5.74, 6) is -0.0512. The van der Waals surface area contributed by atoms with E-state index in [1.807, 2.05) is 12.1 Å². The first-order valence-electron chi connectivity index (χ1n) is 5.47. The van der Waals surface area contributed by atoms with E-state index in [0.29, 0.717) is 10.6 Å². The molecular weight excluding hydrogens is 254 g/mol. The van der Waals surface area contributed by atoms with Gasteiger partial charge in [0.25, 0.3) is 5.89 Å². The molecule has 2 aromatic rings. The first-order valence-corrected chi connectivity index (χ1v) is 5.85. The van der Waals surface area contributed by atoms with Crippen LogP contribution in [0.15, 0.2) is 28.7 Å². The number of halogens is 1. The fourth-order valence-electron chi connectivity index (χ4n) is 1.27. The SMILES string of the molecule is CC(C)C(=O)Nc1nnc(-c2ccccc2Cl)o1. The van der Waals surface area contributed by atoms with Crippen LogP contribution in [0.1, 0.15) is 13.8 Å². The van der Waals surface area contributed by atoms with Crippen molar-refractivity contribution >= 4 is 23.5 Å². The maximum atomic E-state index is 11.5. The van der Waals surface area contributed by atoms with Crippen molar-refractivity contribution in [3.8, 4) is 11.5 Å². The van der Waals surface area contributed by atoms with Crippen LogP contribution < -0.4 is 5.32 Å². The molecule has 0 atom stereocenters. The summed E-state index contributed by atoms with van der Waals surface area (Å²) in [6.45, 7) is 3.56. The Labute approximate surface area is 109 Å². The molecule has 1 N–H and O–H groups in total. The molecule has 0 unspecified atom stereocenters. The summed E-state index contributed by atoms with van der Waals surface area (Å²) in [7, 11) is 0. The number of nitrogens with zero attached hydrogens (tertiary/aromatic N) is 2. The number of nitrogens with one attached hydrogen (secondary N) is 1. The van der Waals surface area contributed by atoms with Crippen molar-refractivity contribution in [3.05, 3.63) is 29.3 Å². The van der Waals surface area contributed by atoms with Crippen molar-refractivity contribution in [3.63, 3.8) is 0 Å². The fourth-order valence-corrected chi connectivity index (χ4v) is 1.48. The third kappa shape index (κ3) is 2.68. The molecule has 0 radical (unpaired) electrons. The van der Waals surface area contributed by atoms with Gasteiger partial charge >= 0.3 is 6.01 Å². The molecule has 1 aromatic carbocycles. The van der Waals surface area contributed by atoms with Gasteiger partial charge in [0.15, 0.2) is 0 Å². The lowest BCUT2D eigenvalue weighted by Gasteiger charge is -2.02. The van der Waals surface area contributed by atoms with E-state index in [9.17, 15) is 4.79 Å². The van der Waals surface area contributed by atoms with Gasteiger partial charge in [0.2, 0.25) is 5.91 Å². The summed E-state index contributed by atoms with van der Waals surface area (Å²) in [4.78, 5) is 11.5. The highest BCUT2D eigenvalue weighted by molar-refractivity contribution is 6.33. The molecule has 0 saturated carbocycles. The Morgan fingerprint density at radius 1 is 1.33 bits per heavy atom. The standard InChI is InChI=1S/C12H12ClN3O2/c1-7(2)10(17)14-12-16-15-11(18-12)8-5-3-4-6-9(8)13/h3-7H,1-2H3,(H,14,16,17). The molecule has 18 heavy (non-hydrogen) atoms. The molecule has 6 heteroatoms. The lowest BCUT2D eigenvalue weighted by Crippen LogP contribution is -2.17. The number of hydrogen-bond acceptors (Lipinski definition) is 4. The summed E-state index contributed by atoms with van der Waals surface area (Å²) in [5.41, 5.74) is 0.636. The second-order valence-electron chi connectivity index (χ2n) is 4.04. The zero-order chi connectivity index (χ0) is 13.1. The number of aromatic nitrogens is 2. The quantitative estimate of drug-likeness (QED) is 0.926. The molecule has 0 aliphatic heterocycles. The molecule has 1 amide bonds. The largest absolute Gasteiger partial charge is 0.403 e. The van der Waals surface area contributed by atoms with Crippen LogP contribution in [-0.2, 0) is 4.79 Å². The monoisotopic (exact) mass is 265 g/mol. The smallest absolute Gasteiger partial charge is 0.322 e. The van der Waals surface area contributed by atoms with Crippen molar-refractivity contribution in [1.29, 1.82) is 0 Å². The summed E-state index contributed by atoms with van der Waals surface area (Å²) in [6.07, 6.45) is 0. The van der Waals surface area contributed by atoms with Crippen LogP contribution in [0.4, 0.5) is 6.01 Å². The van der Waals surface area contributed by atoms with Gasteiger partial charge in [-0.1, -0.05) is 42.7 Å². The van der Waals surface area contributed by atoms with Crippen LogP contribution in [0.3, 0.4) is 0 Å². The Bertz CT molecular complexity index is 566. The number of rotatable bonds is 3. The lowest BCUT2D eigenvalue weighted by atomic mass is 10.2.